The van der Waals surface area contributed by atoms with Gasteiger partial charge in [0.15, 0.2) is 0 Å². The molecule has 132 valence electrons. The van der Waals surface area contributed by atoms with Gasteiger partial charge in [-0.25, -0.2) is 4.79 Å². The van der Waals surface area contributed by atoms with Gasteiger partial charge in [-0.3, -0.25) is 4.79 Å². The maximum Gasteiger partial charge on any atom is 0.407 e. The number of ether oxygens (including phenoxy) is 1. The summed E-state index contributed by atoms with van der Waals surface area (Å²) in [6.07, 6.45) is -0.411. The van der Waals surface area contributed by atoms with Gasteiger partial charge >= 0.3 is 6.09 Å². The predicted octanol–water partition coefficient (Wildman–Crippen LogP) is 4.12. The Labute approximate surface area is 148 Å². The smallest absolute Gasteiger partial charge is 0.407 e. The average molecular weight is 340 g/mol. The molecule has 0 saturated carbocycles. The van der Waals surface area contributed by atoms with Gasteiger partial charge in [-0.1, -0.05) is 36.4 Å². The number of alkyl carbamates (subject to hydrolysis) is 1. The van der Waals surface area contributed by atoms with Crippen LogP contribution in [0.4, 0.5) is 10.5 Å². The summed E-state index contributed by atoms with van der Waals surface area (Å²) in [5.74, 6) is -0.172. The minimum Gasteiger partial charge on any atom is -0.450 e. The topological polar surface area (TPSA) is 67.4 Å². The summed E-state index contributed by atoms with van der Waals surface area (Å²) in [4.78, 5) is 24.2. The predicted molar refractivity (Wildman–Crippen MR) is 98.5 cm³/mol. The zero-order valence-electron chi connectivity index (χ0n) is 14.8. The molecule has 0 aromatic heterocycles. The molecule has 25 heavy (non-hydrogen) atoms. The first-order chi connectivity index (χ1) is 12.0. The van der Waals surface area contributed by atoms with Crippen molar-refractivity contribution in [1.29, 1.82) is 0 Å². The molecule has 2 amide bonds. The molecule has 0 radical (unpaired) electrons. The normalized spacial score (nSPS) is 11.5. The van der Waals surface area contributed by atoms with Crippen molar-refractivity contribution in [3.05, 3.63) is 65.2 Å². The van der Waals surface area contributed by atoms with Crippen molar-refractivity contribution < 1.29 is 14.3 Å². The van der Waals surface area contributed by atoms with Crippen molar-refractivity contribution >= 4 is 17.7 Å². The molecule has 0 spiro atoms. The Bertz CT molecular complexity index is 729. The fraction of sp³-hybridized carbons (Fsp3) is 0.300. The van der Waals surface area contributed by atoms with Gasteiger partial charge in [0.1, 0.15) is 0 Å². The monoisotopic (exact) mass is 340 g/mol. The Morgan fingerprint density at radius 3 is 2.40 bits per heavy atom. The van der Waals surface area contributed by atoms with E-state index < -0.39 is 12.1 Å². The SMILES string of the molecule is CCOC(=O)N[C@H](CC(=O)Nc1ccc(C)c(C)c1)c1ccccc1. The fourth-order valence-corrected chi connectivity index (χ4v) is 2.47. The van der Waals surface area contributed by atoms with Crippen molar-refractivity contribution in [3.8, 4) is 0 Å². The van der Waals surface area contributed by atoms with Crippen LogP contribution in [-0.2, 0) is 9.53 Å². The average Bonchev–Trinajstić information content (AvgIpc) is 2.58. The van der Waals surface area contributed by atoms with Gasteiger partial charge < -0.3 is 15.4 Å². The van der Waals surface area contributed by atoms with Crippen molar-refractivity contribution in [1.82, 2.24) is 5.32 Å². The van der Waals surface area contributed by atoms with Crippen LogP contribution in [0.3, 0.4) is 0 Å². The molecule has 0 aliphatic heterocycles. The van der Waals surface area contributed by atoms with Gasteiger partial charge in [0.2, 0.25) is 5.91 Å². The number of hydrogen-bond acceptors (Lipinski definition) is 3. The maximum atomic E-state index is 12.4. The largest absolute Gasteiger partial charge is 0.450 e. The van der Waals surface area contributed by atoms with E-state index in [-0.39, 0.29) is 18.9 Å². The van der Waals surface area contributed by atoms with Crippen LogP contribution in [0.1, 0.15) is 36.1 Å². The van der Waals surface area contributed by atoms with Gasteiger partial charge in [-0.2, -0.15) is 0 Å². The lowest BCUT2D eigenvalue weighted by molar-refractivity contribution is -0.116. The van der Waals surface area contributed by atoms with E-state index in [4.69, 9.17) is 4.74 Å². The van der Waals surface area contributed by atoms with E-state index in [0.29, 0.717) is 0 Å². The van der Waals surface area contributed by atoms with Crippen LogP contribution in [0.25, 0.3) is 0 Å². The standard InChI is InChI=1S/C20H24N2O3/c1-4-25-20(24)22-18(16-8-6-5-7-9-16)13-19(23)21-17-11-10-14(2)15(3)12-17/h5-12,18H,4,13H2,1-3H3,(H,21,23)(H,22,24)/t18-/m1/s1. The Kier molecular flexibility index (Phi) is 6.57. The second-order valence-electron chi connectivity index (χ2n) is 5.88. The molecule has 2 N–H and O–H groups in total. The number of carbonyl (C=O) groups excluding carboxylic acids is 2. The second-order valence-corrected chi connectivity index (χ2v) is 5.88. The van der Waals surface area contributed by atoms with E-state index in [9.17, 15) is 9.59 Å². The first kappa shape index (κ1) is 18.5. The third-order valence-electron chi connectivity index (χ3n) is 3.95. The van der Waals surface area contributed by atoms with Crippen LogP contribution in [0.2, 0.25) is 0 Å². The van der Waals surface area contributed by atoms with E-state index in [1.807, 2.05) is 62.4 Å². The molecule has 0 heterocycles. The van der Waals surface area contributed by atoms with Crippen molar-refractivity contribution in [2.45, 2.75) is 33.2 Å². The molecule has 2 aromatic rings. The van der Waals surface area contributed by atoms with Gasteiger partial charge in [0.25, 0.3) is 0 Å². The van der Waals surface area contributed by atoms with Crippen LogP contribution in [0.15, 0.2) is 48.5 Å². The van der Waals surface area contributed by atoms with Gasteiger partial charge in [-0.05, 0) is 49.6 Å². The third-order valence-corrected chi connectivity index (χ3v) is 3.95. The lowest BCUT2D eigenvalue weighted by Crippen LogP contribution is -2.32. The van der Waals surface area contributed by atoms with E-state index in [1.165, 1.54) is 5.56 Å². The maximum absolute atomic E-state index is 12.4. The zero-order valence-corrected chi connectivity index (χ0v) is 14.8. The zero-order chi connectivity index (χ0) is 18.2. The quantitative estimate of drug-likeness (QED) is 0.831. The van der Waals surface area contributed by atoms with E-state index in [2.05, 4.69) is 10.6 Å². The van der Waals surface area contributed by atoms with Crippen LogP contribution >= 0.6 is 0 Å². The molecule has 2 rings (SSSR count). The molecule has 1 atom stereocenters. The Morgan fingerprint density at radius 2 is 1.76 bits per heavy atom. The summed E-state index contributed by atoms with van der Waals surface area (Å²) < 4.78 is 4.94. The molecule has 0 aliphatic carbocycles. The summed E-state index contributed by atoms with van der Waals surface area (Å²) >= 11 is 0. The fourth-order valence-electron chi connectivity index (χ4n) is 2.47. The number of anilines is 1. The highest BCUT2D eigenvalue weighted by Crippen LogP contribution is 2.19. The summed E-state index contributed by atoms with van der Waals surface area (Å²) in [7, 11) is 0. The minimum atomic E-state index is -0.532. The summed E-state index contributed by atoms with van der Waals surface area (Å²) in [5.41, 5.74) is 3.88. The van der Waals surface area contributed by atoms with Gasteiger partial charge in [0.05, 0.1) is 19.1 Å². The van der Waals surface area contributed by atoms with Crippen molar-refractivity contribution in [3.63, 3.8) is 0 Å². The number of carbonyl (C=O) groups is 2. The molecule has 5 heteroatoms. The van der Waals surface area contributed by atoms with Crippen LogP contribution < -0.4 is 10.6 Å². The highest BCUT2D eigenvalue weighted by atomic mass is 16.5. The molecule has 5 nitrogen and oxygen atoms in total. The molecule has 2 aromatic carbocycles. The first-order valence-corrected chi connectivity index (χ1v) is 8.35. The first-order valence-electron chi connectivity index (χ1n) is 8.35. The molecule has 0 aliphatic rings. The number of hydrogen-bond donors (Lipinski definition) is 2. The number of rotatable bonds is 6. The Balaban J connectivity index is 2.08. The van der Waals surface area contributed by atoms with Crippen molar-refractivity contribution in [2.24, 2.45) is 0 Å². The number of nitrogens with one attached hydrogen (secondary N) is 2. The summed E-state index contributed by atoms with van der Waals surface area (Å²) in [5, 5.41) is 5.63. The van der Waals surface area contributed by atoms with Crippen molar-refractivity contribution in [2.75, 3.05) is 11.9 Å². The van der Waals surface area contributed by atoms with E-state index in [1.54, 1.807) is 6.92 Å². The minimum absolute atomic E-state index is 0.121. The highest BCUT2D eigenvalue weighted by Gasteiger charge is 2.19. The van der Waals surface area contributed by atoms with Crippen LogP contribution in [0, 0.1) is 13.8 Å². The molecule has 0 bridgehead atoms. The Hall–Kier alpha value is -2.82. The summed E-state index contributed by atoms with van der Waals surface area (Å²) in [6.45, 7) is 6.04. The molecule has 0 saturated heterocycles. The van der Waals surface area contributed by atoms with E-state index in [0.717, 1.165) is 16.8 Å². The third kappa shape index (κ3) is 5.64. The van der Waals surface area contributed by atoms with Crippen LogP contribution in [-0.4, -0.2) is 18.6 Å². The molecular weight excluding hydrogens is 316 g/mol. The number of benzene rings is 2. The number of amides is 2. The van der Waals surface area contributed by atoms with Crippen LogP contribution in [0.5, 0.6) is 0 Å². The Morgan fingerprint density at radius 1 is 1.04 bits per heavy atom. The van der Waals surface area contributed by atoms with Gasteiger partial charge in [-0.15, -0.1) is 0 Å². The van der Waals surface area contributed by atoms with E-state index >= 15 is 0 Å². The summed E-state index contributed by atoms with van der Waals surface area (Å²) in [6, 6.07) is 14.7. The van der Waals surface area contributed by atoms with Gasteiger partial charge in [0, 0.05) is 5.69 Å². The molecule has 0 fully saturated rings. The lowest BCUT2D eigenvalue weighted by atomic mass is 10.0. The number of aryl methyl sites for hydroxylation is 2. The molecular formula is C20H24N2O3. The lowest BCUT2D eigenvalue weighted by Gasteiger charge is -2.19. The highest BCUT2D eigenvalue weighted by molar-refractivity contribution is 5.91. The molecule has 0 unspecified atom stereocenters. The second kappa shape index (κ2) is 8.87.